The van der Waals surface area contributed by atoms with Gasteiger partial charge in [0.15, 0.2) is 0 Å². The number of aromatic nitrogens is 2. The summed E-state index contributed by atoms with van der Waals surface area (Å²) in [5.41, 5.74) is 7.71. The van der Waals surface area contributed by atoms with Gasteiger partial charge in [-0.2, -0.15) is 5.10 Å². The Morgan fingerprint density at radius 3 is 2.95 bits per heavy atom. The van der Waals surface area contributed by atoms with E-state index in [9.17, 15) is 9.59 Å². The maximum absolute atomic E-state index is 12.2. The molecular weight excluding hydrogens is 282 g/mol. The number of carbonyl (C=O) groups is 2. The molecule has 4 N–H and O–H groups in total. The number of hydrogen-bond acceptors (Lipinski definition) is 4. The molecule has 2 amide bonds. The number of H-pyrrole nitrogens is 1. The average molecular weight is 299 g/mol. The van der Waals surface area contributed by atoms with E-state index in [1.807, 2.05) is 31.2 Å². The highest BCUT2D eigenvalue weighted by molar-refractivity contribution is 5.98. The number of aryl methyl sites for hydroxylation is 1. The van der Waals surface area contributed by atoms with Gasteiger partial charge in [-0.25, -0.2) is 0 Å². The van der Waals surface area contributed by atoms with Crippen molar-refractivity contribution < 1.29 is 9.59 Å². The van der Waals surface area contributed by atoms with E-state index < -0.39 is 0 Å². The number of anilines is 2. The van der Waals surface area contributed by atoms with Crippen molar-refractivity contribution in [1.29, 1.82) is 0 Å². The first-order valence-electron chi connectivity index (χ1n) is 7.02. The first kappa shape index (κ1) is 14.1. The molecule has 1 aliphatic rings. The first-order chi connectivity index (χ1) is 10.5. The lowest BCUT2D eigenvalue weighted by Crippen LogP contribution is -2.37. The molecule has 0 saturated carbocycles. The number of aromatic amines is 1. The lowest BCUT2D eigenvalue weighted by Gasteiger charge is -2.17. The van der Waals surface area contributed by atoms with Crippen molar-refractivity contribution in [3.05, 3.63) is 41.6 Å². The highest BCUT2D eigenvalue weighted by atomic mass is 16.2. The molecule has 1 aliphatic heterocycles. The molecule has 7 nitrogen and oxygen atoms in total. The molecule has 3 rings (SSSR count). The second kappa shape index (κ2) is 5.51. The Morgan fingerprint density at radius 2 is 2.27 bits per heavy atom. The molecule has 1 saturated heterocycles. The standard InChI is InChI=1S/C15H17N5O2/c1-9-3-2-4-11(5-9)20-8-10(6-14(20)21)17-15(22)12-7-13(16)19-18-12/h2-5,7,10H,6,8H2,1H3,(H,17,22)(H3,16,18,19)/t10-/m0/s1. The van der Waals surface area contributed by atoms with E-state index in [2.05, 4.69) is 15.5 Å². The smallest absolute Gasteiger partial charge is 0.269 e. The van der Waals surface area contributed by atoms with Gasteiger partial charge in [0.2, 0.25) is 5.91 Å². The van der Waals surface area contributed by atoms with E-state index in [1.165, 1.54) is 6.07 Å². The van der Waals surface area contributed by atoms with Gasteiger partial charge in [-0.1, -0.05) is 12.1 Å². The van der Waals surface area contributed by atoms with Crippen LogP contribution < -0.4 is 16.0 Å². The molecule has 0 unspecified atom stereocenters. The van der Waals surface area contributed by atoms with Crippen molar-refractivity contribution in [2.45, 2.75) is 19.4 Å². The summed E-state index contributed by atoms with van der Waals surface area (Å²) in [6, 6.07) is 8.97. The maximum atomic E-state index is 12.2. The number of carbonyl (C=O) groups excluding carboxylic acids is 2. The predicted octanol–water partition coefficient (Wildman–Crippen LogP) is 0.836. The largest absolute Gasteiger partial charge is 0.382 e. The Balaban J connectivity index is 1.68. The summed E-state index contributed by atoms with van der Waals surface area (Å²) < 4.78 is 0. The molecule has 2 heterocycles. The Bertz CT molecular complexity index is 724. The molecular formula is C15H17N5O2. The molecule has 1 aromatic heterocycles. The minimum Gasteiger partial charge on any atom is -0.382 e. The highest BCUT2D eigenvalue weighted by Gasteiger charge is 2.32. The zero-order valence-corrected chi connectivity index (χ0v) is 12.2. The van der Waals surface area contributed by atoms with Crippen LogP contribution in [0.25, 0.3) is 0 Å². The van der Waals surface area contributed by atoms with Gasteiger partial charge >= 0.3 is 0 Å². The number of hydrogen-bond donors (Lipinski definition) is 3. The van der Waals surface area contributed by atoms with Crippen LogP contribution >= 0.6 is 0 Å². The van der Waals surface area contributed by atoms with Crippen molar-refractivity contribution in [3.8, 4) is 0 Å². The van der Waals surface area contributed by atoms with Crippen LogP contribution in [0.3, 0.4) is 0 Å². The lowest BCUT2D eigenvalue weighted by molar-refractivity contribution is -0.117. The number of rotatable bonds is 3. The molecule has 0 aliphatic carbocycles. The zero-order chi connectivity index (χ0) is 15.7. The fourth-order valence-corrected chi connectivity index (χ4v) is 2.57. The van der Waals surface area contributed by atoms with Crippen LogP contribution in [0.2, 0.25) is 0 Å². The monoisotopic (exact) mass is 299 g/mol. The second-order valence-electron chi connectivity index (χ2n) is 5.42. The third kappa shape index (κ3) is 2.78. The summed E-state index contributed by atoms with van der Waals surface area (Å²) in [6.45, 7) is 2.43. The zero-order valence-electron chi connectivity index (χ0n) is 12.2. The first-order valence-corrected chi connectivity index (χ1v) is 7.02. The van der Waals surface area contributed by atoms with E-state index >= 15 is 0 Å². The number of nitrogens with one attached hydrogen (secondary N) is 2. The summed E-state index contributed by atoms with van der Waals surface area (Å²) in [4.78, 5) is 25.9. The summed E-state index contributed by atoms with van der Waals surface area (Å²) >= 11 is 0. The minimum absolute atomic E-state index is 0.0000228. The molecule has 1 atom stereocenters. The molecule has 22 heavy (non-hydrogen) atoms. The van der Waals surface area contributed by atoms with Crippen LogP contribution in [0.1, 0.15) is 22.5 Å². The fraction of sp³-hybridized carbons (Fsp3) is 0.267. The third-order valence-electron chi connectivity index (χ3n) is 3.62. The number of nitrogens with two attached hydrogens (primary N) is 1. The molecule has 0 spiro atoms. The number of amides is 2. The third-order valence-corrected chi connectivity index (χ3v) is 3.62. The Kier molecular flexibility index (Phi) is 3.54. The number of nitrogen functional groups attached to an aromatic ring is 1. The quantitative estimate of drug-likeness (QED) is 0.781. The van der Waals surface area contributed by atoms with Crippen molar-refractivity contribution in [3.63, 3.8) is 0 Å². The van der Waals surface area contributed by atoms with E-state index in [-0.39, 0.29) is 30.1 Å². The van der Waals surface area contributed by atoms with Crippen LogP contribution in [0.4, 0.5) is 11.5 Å². The Labute approximate surface area is 127 Å². The molecule has 0 bridgehead atoms. The molecule has 1 fully saturated rings. The summed E-state index contributed by atoms with van der Waals surface area (Å²) in [6.07, 6.45) is 0.281. The van der Waals surface area contributed by atoms with Crippen molar-refractivity contribution in [2.75, 3.05) is 17.2 Å². The van der Waals surface area contributed by atoms with Gasteiger partial charge in [0, 0.05) is 24.7 Å². The van der Waals surface area contributed by atoms with Gasteiger partial charge in [0.25, 0.3) is 5.91 Å². The molecule has 2 aromatic rings. The lowest BCUT2D eigenvalue weighted by atomic mass is 10.2. The van der Waals surface area contributed by atoms with Crippen molar-refractivity contribution in [1.82, 2.24) is 15.5 Å². The minimum atomic E-state index is -0.312. The second-order valence-corrected chi connectivity index (χ2v) is 5.42. The van der Waals surface area contributed by atoms with E-state index in [0.29, 0.717) is 12.2 Å². The fourth-order valence-electron chi connectivity index (χ4n) is 2.57. The highest BCUT2D eigenvalue weighted by Crippen LogP contribution is 2.22. The van der Waals surface area contributed by atoms with Crippen LogP contribution in [-0.4, -0.2) is 34.6 Å². The number of nitrogens with zero attached hydrogens (tertiary/aromatic N) is 2. The summed E-state index contributed by atoms with van der Waals surface area (Å²) in [7, 11) is 0. The molecule has 7 heteroatoms. The summed E-state index contributed by atoms with van der Waals surface area (Å²) in [5.74, 6) is -0.0536. The van der Waals surface area contributed by atoms with Crippen LogP contribution in [0.5, 0.6) is 0 Å². The van der Waals surface area contributed by atoms with Gasteiger partial charge in [-0.05, 0) is 24.6 Å². The average Bonchev–Trinajstić information content (AvgIpc) is 3.05. The van der Waals surface area contributed by atoms with Crippen LogP contribution in [-0.2, 0) is 4.79 Å². The topological polar surface area (TPSA) is 104 Å². The summed E-state index contributed by atoms with van der Waals surface area (Å²) in [5, 5.41) is 9.09. The van der Waals surface area contributed by atoms with Gasteiger partial charge in [0.1, 0.15) is 11.5 Å². The van der Waals surface area contributed by atoms with Crippen LogP contribution in [0, 0.1) is 6.92 Å². The van der Waals surface area contributed by atoms with Crippen molar-refractivity contribution in [2.24, 2.45) is 0 Å². The molecule has 114 valence electrons. The molecule has 1 aromatic carbocycles. The SMILES string of the molecule is Cc1cccc(N2C[C@@H](NC(=O)c3cc(N)n[nH]3)CC2=O)c1. The van der Waals surface area contributed by atoms with E-state index in [0.717, 1.165) is 11.3 Å². The van der Waals surface area contributed by atoms with Gasteiger partial charge in [-0.15, -0.1) is 0 Å². The van der Waals surface area contributed by atoms with Crippen LogP contribution in [0.15, 0.2) is 30.3 Å². The van der Waals surface area contributed by atoms with Gasteiger partial charge in [-0.3, -0.25) is 14.7 Å². The van der Waals surface area contributed by atoms with Gasteiger partial charge in [0.05, 0.1) is 6.04 Å². The Hall–Kier alpha value is -2.83. The van der Waals surface area contributed by atoms with Gasteiger partial charge < -0.3 is 16.0 Å². The number of benzene rings is 1. The Morgan fingerprint density at radius 1 is 1.45 bits per heavy atom. The van der Waals surface area contributed by atoms with E-state index in [1.54, 1.807) is 4.90 Å². The predicted molar refractivity (Wildman–Crippen MR) is 82.4 cm³/mol. The molecule has 0 radical (unpaired) electrons. The maximum Gasteiger partial charge on any atom is 0.269 e. The normalized spacial score (nSPS) is 17.8. The van der Waals surface area contributed by atoms with E-state index in [4.69, 9.17) is 5.73 Å². The van der Waals surface area contributed by atoms with Crippen molar-refractivity contribution >= 4 is 23.3 Å².